The van der Waals surface area contributed by atoms with Crippen molar-refractivity contribution in [2.45, 2.75) is 38.6 Å². The molecule has 1 N–H and O–H groups in total. The lowest BCUT2D eigenvalue weighted by molar-refractivity contribution is -0.119. The normalized spacial score (nSPS) is 15.9. The molecular weight excluding hydrogens is 198 g/mol. The van der Waals surface area contributed by atoms with E-state index in [1.165, 1.54) is 30.4 Å². The van der Waals surface area contributed by atoms with Crippen LogP contribution in [-0.2, 0) is 24.1 Å². The Morgan fingerprint density at radius 2 is 2.12 bits per heavy atom. The summed E-state index contributed by atoms with van der Waals surface area (Å²) in [5.41, 5.74) is 4.08. The monoisotopic (exact) mass is 217 g/mol. The van der Waals surface area contributed by atoms with Gasteiger partial charge in [0.1, 0.15) is 0 Å². The summed E-state index contributed by atoms with van der Waals surface area (Å²) in [6, 6.07) is 6.45. The summed E-state index contributed by atoms with van der Waals surface area (Å²) in [5.74, 6) is 0.264. The van der Waals surface area contributed by atoms with Crippen molar-refractivity contribution in [1.29, 1.82) is 0 Å². The topological polar surface area (TPSA) is 29.1 Å². The number of aryl methyl sites for hydroxylation is 2. The van der Waals surface area contributed by atoms with Crippen LogP contribution < -0.4 is 5.32 Å². The third kappa shape index (κ3) is 2.33. The first-order valence-electron chi connectivity index (χ1n) is 6.01. The summed E-state index contributed by atoms with van der Waals surface area (Å²) in [6.07, 6.45) is 4.20. The standard InChI is InChI=1S/C14H19NO/c1-10(15-2)14(16)9-11-6-7-12-4-3-5-13(12)8-11/h6-8,10,15H,3-5,9H2,1-2H3. The van der Waals surface area contributed by atoms with E-state index in [1.807, 2.05) is 14.0 Å². The number of ketones is 1. The molecule has 0 bridgehead atoms. The molecule has 0 aliphatic heterocycles. The number of nitrogens with one attached hydrogen (secondary N) is 1. The Bertz CT molecular complexity index is 398. The molecule has 0 fully saturated rings. The van der Waals surface area contributed by atoms with E-state index in [2.05, 4.69) is 23.5 Å². The largest absolute Gasteiger partial charge is 0.311 e. The van der Waals surface area contributed by atoms with Crippen LogP contribution in [0.25, 0.3) is 0 Å². The number of benzene rings is 1. The molecule has 1 aromatic carbocycles. The first kappa shape index (κ1) is 11.3. The van der Waals surface area contributed by atoms with E-state index in [0.29, 0.717) is 6.42 Å². The second-order valence-electron chi connectivity index (χ2n) is 4.61. The highest BCUT2D eigenvalue weighted by atomic mass is 16.1. The maximum absolute atomic E-state index is 11.8. The number of carbonyl (C=O) groups excluding carboxylic acids is 1. The van der Waals surface area contributed by atoms with Crippen LogP contribution in [0, 0.1) is 0 Å². The van der Waals surface area contributed by atoms with Crippen LogP contribution in [0.2, 0.25) is 0 Å². The lowest BCUT2D eigenvalue weighted by Gasteiger charge is -2.09. The van der Waals surface area contributed by atoms with Gasteiger partial charge in [-0.15, -0.1) is 0 Å². The lowest BCUT2D eigenvalue weighted by Crippen LogP contribution is -2.31. The number of likely N-dealkylation sites (N-methyl/N-ethyl adjacent to an activating group) is 1. The van der Waals surface area contributed by atoms with Gasteiger partial charge in [-0.1, -0.05) is 18.2 Å². The molecule has 2 nitrogen and oxygen atoms in total. The zero-order valence-electron chi connectivity index (χ0n) is 10.0. The van der Waals surface area contributed by atoms with Crippen molar-refractivity contribution in [3.05, 3.63) is 34.9 Å². The van der Waals surface area contributed by atoms with Crippen LogP contribution in [0.3, 0.4) is 0 Å². The van der Waals surface area contributed by atoms with Gasteiger partial charge >= 0.3 is 0 Å². The highest BCUT2D eigenvalue weighted by Crippen LogP contribution is 2.23. The molecule has 0 radical (unpaired) electrons. The van der Waals surface area contributed by atoms with Crippen molar-refractivity contribution in [3.63, 3.8) is 0 Å². The highest BCUT2D eigenvalue weighted by Gasteiger charge is 2.14. The van der Waals surface area contributed by atoms with Gasteiger partial charge in [0.25, 0.3) is 0 Å². The van der Waals surface area contributed by atoms with Crippen molar-refractivity contribution in [2.75, 3.05) is 7.05 Å². The second-order valence-corrected chi connectivity index (χ2v) is 4.61. The SMILES string of the molecule is CNC(C)C(=O)Cc1ccc2c(c1)CCC2. The summed E-state index contributed by atoms with van der Waals surface area (Å²) in [7, 11) is 1.82. The van der Waals surface area contributed by atoms with E-state index in [0.717, 1.165) is 5.56 Å². The van der Waals surface area contributed by atoms with Gasteiger partial charge in [-0.3, -0.25) is 4.79 Å². The van der Waals surface area contributed by atoms with E-state index >= 15 is 0 Å². The predicted molar refractivity (Wildman–Crippen MR) is 65.7 cm³/mol. The molecule has 1 atom stereocenters. The van der Waals surface area contributed by atoms with Crippen LogP contribution in [0.5, 0.6) is 0 Å². The van der Waals surface area contributed by atoms with E-state index in [9.17, 15) is 4.79 Å². The Hall–Kier alpha value is -1.15. The van der Waals surface area contributed by atoms with Gasteiger partial charge in [-0.25, -0.2) is 0 Å². The van der Waals surface area contributed by atoms with E-state index < -0.39 is 0 Å². The molecule has 2 heteroatoms. The van der Waals surface area contributed by atoms with Crippen LogP contribution >= 0.6 is 0 Å². The minimum atomic E-state index is -0.0479. The number of rotatable bonds is 4. The molecule has 16 heavy (non-hydrogen) atoms. The van der Waals surface area contributed by atoms with Crippen molar-refractivity contribution >= 4 is 5.78 Å². The quantitative estimate of drug-likeness (QED) is 0.834. The van der Waals surface area contributed by atoms with E-state index in [4.69, 9.17) is 0 Å². The molecular formula is C14H19NO. The first-order chi connectivity index (χ1) is 7.70. The summed E-state index contributed by atoms with van der Waals surface area (Å²) in [5, 5.41) is 2.99. The minimum Gasteiger partial charge on any atom is -0.311 e. The fourth-order valence-corrected chi connectivity index (χ4v) is 2.25. The molecule has 86 valence electrons. The zero-order chi connectivity index (χ0) is 11.5. The maximum Gasteiger partial charge on any atom is 0.153 e. The summed E-state index contributed by atoms with van der Waals surface area (Å²) in [4.78, 5) is 11.8. The summed E-state index contributed by atoms with van der Waals surface area (Å²) in [6.45, 7) is 1.91. The van der Waals surface area contributed by atoms with Gasteiger partial charge in [0.2, 0.25) is 0 Å². The van der Waals surface area contributed by atoms with Gasteiger partial charge in [-0.2, -0.15) is 0 Å². The minimum absolute atomic E-state index is 0.0479. The van der Waals surface area contributed by atoms with E-state index in [-0.39, 0.29) is 11.8 Å². The van der Waals surface area contributed by atoms with Gasteiger partial charge in [0.05, 0.1) is 6.04 Å². The molecule has 1 aliphatic rings. The fourth-order valence-electron chi connectivity index (χ4n) is 2.25. The number of fused-ring (bicyclic) bond motifs is 1. The summed E-state index contributed by atoms with van der Waals surface area (Å²) < 4.78 is 0. The Balaban J connectivity index is 2.08. The highest BCUT2D eigenvalue weighted by molar-refractivity contribution is 5.85. The third-order valence-electron chi connectivity index (χ3n) is 3.46. The molecule has 1 aromatic rings. The lowest BCUT2D eigenvalue weighted by atomic mass is 10.0. The average Bonchev–Trinajstić information content (AvgIpc) is 2.75. The fraction of sp³-hybridized carbons (Fsp3) is 0.500. The Kier molecular flexibility index (Phi) is 3.39. The molecule has 0 aromatic heterocycles. The average molecular weight is 217 g/mol. The third-order valence-corrected chi connectivity index (χ3v) is 3.46. The van der Waals surface area contributed by atoms with Crippen LogP contribution in [-0.4, -0.2) is 18.9 Å². The van der Waals surface area contributed by atoms with Crippen LogP contribution in [0.4, 0.5) is 0 Å². The number of hydrogen-bond acceptors (Lipinski definition) is 2. The maximum atomic E-state index is 11.8. The second kappa shape index (κ2) is 4.79. The van der Waals surface area contributed by atoms with E-state index in [1.54, 1.807) is 0 Å². The molecule has 0 saturated carbocycles. The molecule has 0 amide bonds. The Morgan fingerprint density at radius 1 is 1.38 bits per heavy atom. The van der Waals surface area contributed by atoms with Gasteiger partial charge in [0, 0.05) is 6.42 Å². The van der Waals surface area contributed by atoms with Crippen LogP contribution in [0.15, 0.2) is 18.2 Å². The number of carbonyl (C=O) groups is 1. The molecule has 0 heterocycles. The summed E-state index contributed by atoms with van der Waals surface area (Å²) >= 11 is 0. The first-order valence-corrected chi connectivity index (χ1v) is 6.01. The number of hydrogen-bond donors (Lipinski definition) is 1. The van der Waals surface area contributed by atoms with Gasteiger partial charge in [0.15, 0.2) is 5.78 Å². The molecule has 1 unspecified atom stereocenters. The van der Waals surface area contributed by atoms with Crippen molar-refractivity contribution in [1.82, 2.24) is 5.32 Å². The van der Waals surface area contributed by atoms with Gasteiger partial charge in [-0.05, 0) is 49.9 Å². The zero-order valence-corrected chi connectivity index (χ0v) is 10.0. The molecule has 1 aliphatic carbocycles. The van der Waals surface area contributed by atoms with Gasteiger partial charge < -0.3 is 5.32 Å². The number of Topliss-reactive ketones (excluding diaryl/α,β-unsaturated/α-hetero) is 1. The van der Waals surface area contributed by atoms with Crippen molar-refractivity contribution in [2.24, 2.45) is 0 Å². The Labute approximate surface area is 97.1 Å². The predicted octanol–water partition coefficient (Wildman–Crippen LogP) is 1.89. The molecule has 0 saturated heterocycles. The molecule has 2 rings (SSSR count). The Morgan fingerprint density at radius 3 is 2.88 bits per heavy atom. The van der Waals surface area contributed by atoms with Crippen LogP contribution in [0.1, 0.15) is 30.0 Å². The smallest absolute Gasteiger partial charge is 0.153 e. The van der Waals surface area contributed by atoms with Crippen molar-refractivity contribution < 1.29 is 4.79 Å². The molecule has 0 spiro atoms. The van der Waals surface area contributed by atoms with Crippen molar-refractivity contribution in [3.8, 4) is 0 Å².